The molecule has 6 heteroatoms. The van der Waals surface area contributed by atoms with Crippen molar-refractivity contribution in [1.29, 1.82) is 0 Å². The van der Waals surface area contributed by atoms with Crippen molar-refractivity contribution in [3.8, 4) is 0 Å². The van der Waals surface area contributed by atoms with Crippen molar-refractivity contribution in [3.63, 3.8) is 0 Å². The minimum absolute atomic E-state index is 0. The highest BCUT2D eigenvalue weighted by Crippen LogP contribution is 2.18. The van der Waals surface area contributed by atoms with E-state index in [1.807, 2.05) is 6.92 Å². The van der Waals surface area contributed by atoms with Gasteiger partial charge in [-0.1, -0.05) is 19.4 Å². The fourth-order valence-electron chi connectivity index (χ4n) is 2.19. The van der Waals surface area contributed by atoms with Crippen LogP contribution in [0.1, 0.15) is 39.2 Å². The largest absolute Gasteiger partial charge is 0.337 e. The zero-order valence-corrected chi connectivity index (χ0v) is 13.5. The summed E-state index contributed by atoms with van der Waals surface area (Å²) in [6, 6.07) is 3.67. The molecule has 0 radical (unpaired) electrons. The standard InChI is InChI=1S/C15H22F2N2O.ClH/c1-4-9-15(3,18)14(20)19(5-2)10-11-12(16)7-6-8-13(11)17;/h6-8H,4-5,9-10,18H2,1-3H3;1H. The molecule has 1 aromatic carbocycles. The van der Waals surface area contributed by atoms with Crippen LogP contribution in [0.3, 0.4) is 0 Å². The lowest BCUT2D eigenvalue weighted by Crippen LogP contribution is -2.53. The average Bonchev–Trinajstić information content (AvgIpc) is 2.38. The molecule has 3 nitrogen and oxygen atoms in total. The summed E-state index contributed by atoms with van der Waals surface area (Å²) >= 11 is 0. The zero-order chi connectivity index (χ0) is 15.3. The van der Waals surface area contributed by atoms with Crippen molar-refractivity contribution in [1.82, 2.24) is 4.90 Å². The number of rotatable bonds is 6. The Kier molecular flexibility index (Phi) is 7.82. The van der Waals surface area contributed by atoms with Crippen LogP contribution >= 0.6 is 12.4 Å². The number of nitrogens with zero attached hydrogens (tertiary/aromatic N) is 1. The van der Waals surface area contributed by atoms with Gasteiger partial charge in [0.1, 0.15) is 11.6 Å². The number of hydrogen-bond acceptors (Lipinski definition) is 2. The second kappa shape index (κ2) is 8.29. The lowest BCUT2D eigenvalue weighted by molar-refractivity contribution is -0.137. The van der Waals surface area contributed by atoms with Crippen LogP contribution in [0.5, 0.6) is 0 Å². The SMILES string of the molecule is CCCC(C)(N)C(=O)N(CC)Cc1c(F)cccc1F.Cl. The molecule has 1 rings (SSSR count). The minimum Gasteiger partial charge on any atom is -0.337 e. The van der Waals surface area contributed by atoms with Crippen LogP contribution < -0.4 is 5.73 Å². The second-order valence-corrected chi connectivity index (χ2v) is 5.19. The predicted molar refractivity (Wildman–Crippen MR) is 82.2 cm³/mol. The first-order valence-electron chi connectivity index (χ1n) is 6.84. The molecule has 0 aromatic heterocycles. The Balaban J connectivity index is 0.00000400. The number of nitrogens with two attached hydrogens (primary N) is 1. The molecule has 0 bridgehead atoms. The molecule has 0 spiro atoms. The third-order valence-corrected chi connectivity index (χ3v) is 3.34. The van der Waals surface area contributed by atoms with Gasteiger partial charge in [0.25, 0.3) is 0 Å². The summed E-state index contributed by atoms with van der Waals surface area (Å²) in [5.41, 5.74) is 4.89. The topological polar surface area (TPSA) is 46.3 Å². The van der Waals surface area contributed by atoms with Crippen LogP contribution in [-0.4, -0.2) is 22.9 Å². The Morgan fingerprint density at radius 3 is 2.24 bits per heavy atom. The quantitative estimate of drug-likeness (QED) is 0.874. The van der Waals surface area contributed by atoms with E-state index in [0.29, 0.717) is 13.0 Å². The summed E-state index contributed by atoms with van der Waals surface area (Å²) in [5, 5.41) is 0. The number of hydrogen-bond donors (Lipinski definition) is 1. The molecular weight excluding hydrogens is 298 g/mol. The molecule has 0 aliphatic rings. The molecular formula is C15H23ClF2N2O. The molecule has 0 saturated carbocycles. The molecule has 21 heavy (non-hydrogen) atoms. The molecule has 120 valence electrons. The number of carbonyl (C=O) groups excluding carboxylic acids is 1. The van der Waals surface area contributed by atoms with E-state index < -0.39 is 17.2 Å². The highest BCUT2D eigenvalue weighted by molar-refractivity contribution is 5.85. The van der Waals surface area contributed by atoms with Crippen LogP contribution in [-0.2, 0) is 11.3 Å². The lowest BCUT2D eigenvalue weighted by atomic mass is 9.95. The van der Waals surface area contributed by atoms with E-state index in [9.17, 15) is 13.6 Å². The summed E-state index contributed by atoms with van der Waals surface area (Å²) < 4.78 is 27.3. The van der Waals surface area contributed by atoms with Crippen LogP contribution in [0, 0.1) is 11.6 Å². The second-order valence-electron chi connectivity index (χ2n) is 5.19. The van der Waals surface area contributed by atoms with E-state index in [2.05, 4.69) is 0 Å². The van der Waals surface area contributed by atoms with E-state index in [1.54, 1.807) is 13.8 Å². The normalized spacial score (nSPS) is 13.2. The Morgan fingerprint density at radius 2 is 1.81 bits per heavy atom. The molecule has 1 atom stereocenters. The molecule has 0 saturated heterocycles. The molecule has 1 aromatic rings. The molecule has 0 aliphatic heterocycles. The Hall–Kier alpha value is -1.20. The van der Waals surface area contributed by atoms with Gasteiger partial charge in [0.15, 0.2) is 0 Å². The maximum atomic E-state index is 13.6. The van der Waals surface area contributed by atoms with Crippen molar-refractivity contribution in [2.24, 2.45) is 5.73 Å². The smallest absolute Gasteiger partial charge is 0.242 e. The molecule has 0 aliphatic carbocycles. The molecule has 1 unspecified atom stereocenters. The Labute approximate surface area is 130 Å². The summed E-state index contributed by atoms with van der Waals surface area (Å²) in [7, 11) is 0. The van der Waals surface area contributed by atoms with Gasteiger partial charge in [0, 0.05) is 12.1 Å². The molecule has 2 N–H and O–H groups in total. The molecule has 0 fully saturated rings. The highest BCUT2D eigenvalue weighted by Gasteiger charge is 2.31. The lowest BCUT2D eigenvalue weighted by Gasteiger charge is -2.31. The predicted octanol–water partition coefficient (Wildman–Crippen LogP) is 3.25. The third-order valence-electron chi connectivity index (χ3n) is 3.34. The third kappa shape index (κ3) is 4.93. The minimum atomic E-state index is -1.01. The Morgan fingerprint density at radius 1 is 1.29 bits per heavy atom. The molecule has 1 amide bonds. The number of carbonyl (C=O) groups is 1. The van der Waals surface area contributed by atoms with Gasteiger partial charge >= 0.3 is 0 Å². The van der Waals surface area contributed by atoms with Crippen molar-refractivity contribution in [2.45, 2.75) is 45.7 Å². The van der Waals surface area contributed by atoms with Crippen LogP contribution in [0.2, 0.25) is 0 Å². The monoisotopic (exact) mass is 320 g/mol. The number of benzene rings is 1. The van der Waals surface area contributed by atoms with Crippen molar-refractivity contribution < 1.29 is 13.6 Å². The maximum absolute atomic E-state index is 13.6. The van der Waals surface area contributed by atoms with E-state index in [-0.39, 0.29) is 30.4 Å². The summed E-state index contributed by atoms with van der Waals surface area (Å²) in [6.45, 7) is 5.59. The van der Waals surface area contributed by atoms with Gasteiger partial charge in [-0.2, -0.15) is 0 Å². The van der Waals surface area contributed by atoms with E-state index >= 15 is 0 Å². The zero-order valence-electron chi connectivity index (χ0n) is 12.7. The van der Waals surface area contributed by atoms with E-state index in [1.165, 1.54) is 23.1 Å². The molecule has 0 heterocycles. The van der Waals surface area contributed by atoms with Crippen molar-refractivity contribution >= 4 is 18.3 Å². The highest BCUT2D eigenvalue weighted by atomic mass is 35.5. The fraction of sp³-hybridized carbons (Fsp3) is 0.533. The number of amides is 1. The summed E-state index contributed by atoms with van der Waals surface area (Å²) in [4.78, 5) is 13.8. The van der Waals surface area contributed by atoms with Gasteiger partial charge in [0.2, 0.25) is 5.91 Å². The average molecular weight is 321 g/mol. The first-order valence-corrected chi connectivity index (χ1v) is 6.84. The summed E-state index contributed by atoms with van der Waals surface area (Å²) in [6.07, 6.45) is 1.30. The van der Waals surface area contributed by atoms with Gasteiger partial charge in [-0.25, -0.2) is 8.78 Å². The van der Waals surface area contributed by atoms with Crippen molar-refractivity contribution in [3.05, 3.63) is 35.4 Å². The van der Waals surface area contributed by atoms with Crippen LogP contribution in [0.25, 0.3) is 0 Å². The fourth-order valence-corrected chi connectivity index (χ4v) is 2.19. The number of halogens is 3. The van der Waals surface area contributed by atoms with Crippen LogP contribution in [0.15, 0.2) is 18.2 Å². The van der Waals surface area contributed by atoms with E-state index in [4.69, 9.17) is 5.73 Å². The van der Waals surface area contributed by atoms with Gasteiger partial charge in [-0.15, -0.1) is 12.4 Å². The first-order chi connectivity index (χ1) is 9.33. The van der Waals surface area contributed by atoms with Gasteiger partial charge in [-0.05, 0) is 32.4 Å². The van der Waals surface area contributed by atoms with E-state index in [0.717, 1.165) is 6.42 Å². The van der Waals surface area contributed by atoms with Crippen LogP contribution in [0.4, 0.5) is 8.78 Å². The summed E-state index contributed by atoms with van der Waals surface area (Å²) in [5.74, 6) is -1.58. The van der Waals surface area contributed by atoms with Gasteiger partial charge in [-0.3, -0.25) is 4.79 Å². The number of likely N-dealkylation sites (N-methyl/N-ethyl adjacent to an activating group) is 1. The first kappa shape index (κ1) is 19.8. The van der Waals surface area contributed by atoms with Gasteiger partial charge < -0.3 is 10.6 Å². The maximum Gasteiger partial charge on any atom is 0.242 e. The van der Waals surface area contributed by atoms with Crippen molar-refractivity contribution in [2.75, 3.05) is 6.54 Å². The van der Waals surface area contributed by atoms with Gasteiger partial charge in [0.05, 0.1) is 12.1 Å². The Bertz CT molecular complexity index is 460.